The number of hydrogen-bond donors (Lipinski definition) is 0. The molecule has 0 saturated carbocycles. The largest absolute Gasteiger partial charge is 0.465 e. The summed E-state index contributed by atoms with van der Waals surface area (Å²) in [6.45, 7) is 3.31. The SMILES string of the molecule is Cc1ccc(CN(C)Cc2cc(F)cc(Br)c2)o1. The molecule has 0 N–H and O–H groups in total. The molecule has 0 fully saturated rings. The minimum atomic E-state index is -0.221. The molecular formula is C14H15BrFNO. The van der Waals surface area contributed by atoms with E-state index in [1.165, 1.54) is 6.07 Å². The molecule has 0 unspecified atom stereocenters. The zero-order valence-electron chi connectivity index (χ0n) is 10.4. The number of furan rings is 1. The second kappa shape index (κ2) is 5.67. The van der Waals surface area contributed by atoms with Crippen molar-refractivity contribution in [3.05, 3.63) is 57.7 Å². The van der Waals surface area contributed by atoms with Crippen molar-refractivity contribution in [2.24, 2.45) is 0 Å². The lowest BCUT2D eigenvalue weighted by molar-refractivity contribution is 0.285. The Kier molecular flexibility index (Phi) is 4.19. The van der Waals surface area contributed by atoms with E-state index in [1.807, 2.05) is 32.2 Å². The summed E-state index contributed by atoms with van der Waals surface area (Å²) in [5, 5.41) is 0. The monoisotopic (exact) mass is 311 g/mol. The van der Waals surface area contributed by atoms with Gasteiger partial charge in [-0.15, -0.1) is 0 Å². The van der Waals surface area contributed by atoms with Crippen LogP contribution in [0.25, 0.3) is 0 Å². The van der Waals surface area contributed by atoms with E-state index < -0.39 is 0 Å². The first-order chi connectivity index (χ1) is 8.52. The third-order valence-electron chi connectivity index (χ3n) is 2.60. The van der Waals surface area contributed by atoms with Crippen LogP contribution >= 0.6 is 15.9 Å². The highest BCUT2D eigenvalue weighted by atomic mass is 79.9. The van der Waals surface area contributed by atoms with E-state index in [9.17, 15) is 4.39 Å². The molecule has 0 spiro atoms. The second-order valence-electron chi connectivity index (χ2n) is 4.46. The summed E-state index contributed by atoms with van der Waals surface area (Å²) in [5.41, 5.74) is 0.938. The zero-order valence-corrected chi connectivity index (χ0v) is 12.0. The van der Waals surface area contributed by atoms with Gasteiger partial charge in [-0.3, -0.25) is 4.90 Å². The first-order valence-corrected chi connectivity index (χ1v) is 6.51. The number of hydrogen-bond acceptors (Lipinski definition) is 2. The van der Waals surface area contributed by atoms with Crippen LogP contribution in [0.2, 0.25) is 0 Å². The molecule has 18 heavy (non-hydrogen) atoms. The molecule has 0 saturated heterocycles. The van der Waals surface area contributed by atoms with Gasteiger partial charge < -0.3 is 4.42 Å². The fourth-order valence-corrected chi connectivity index (χ4v) is 2.42. The van der Waals surface area contributed by atoms with Crippen molar-refractivity contribution in [1.29, 1.82) is 0 Å². The summed E-state index contributed by atoms with van der Waals surface area (Å²) in [5.74, 6) is 1.61. The molecule has 0 bridgehead atoms. The fourth-order valence-electron chi connectivity index (χ4n) is 1.91. The van der Waals surface area contributed by atoms with Gasteiger partial charge in [0, 0.05) is 11.0 Å². The second-order valence-corrected chi connectivity index (χ2v) is 5.38. The van der Waals surface area contributed by atoms with Crippen LogP contribution in [0.4, 0.5) is 4.39 Å². The van der Waals surface area contributed by atoms with Gasteiger partial charge in [0.05, 0.1) is 6.54 Å². The lowest BCUT2D eigenvalue weighted by Crippen LogP contribution is -2.16. The van der Waals surface area contributed by atoms with Crippen LogP contribution in [-0.4, -0.2) is 11.9 Å². The topological polar surface area (TPSA) is 16.4 Å². The van der Waals surface area contributed by atoms with E-state index in [2.05, 4.69) is 20.8 Å². The summed E-state index contributed by atoms with van der Waals surface area (Å²) in [6.07, 6.45) is 0. The Hall–Kier alpha value is -1.13. The van der Waals surface area contributed by atoms with Crippen LogP contribution in [-0.2, 0) is 13.1 Å². The van der Waals surface area contributed by atoms with Crippen LogP contribution < -0.4 is 0 Å². The summed E-state index contributed by atoms with van der Waals surface area (Å²) in [4.78, 5) is 2.08. The third kappa shape index (κ3) is 3.68. The third-order valence-corrected chi connectivity index (χ3v) is 3.05. The maximum Gasteiger partial charge on any atom is 0.124 e. The van der Waals surface area contributed by atoms with Gasteiger partial charge >= 0.3 is 0 Å². The van der Waals surface area contributed by atoms with Gasteiger partial charge in [-0.2, -0.15) is 0 Å². The Morgan fingerprint density at radius 3 is 2.61 bits per heavy atom. The molecule has 2 nitrogen and oxygen atoms in total. The van der Waals surface area contributed by atoms with Gasteiger partial charge in [0.1, 0.15) is 17.3 Å². The van der Waals surface area contributed by atoms with Gasteiger partial charge in [-0.25, -0.2) is 4.39 Å². The Bertz CT molecular complexity index is 518. The first-order valence-electron chi connectivity index (χ1n) is 5.72. The van der Waals surface area contributed by atoms with Crippen LogP contribution in [0, 0.1) is 12.7 Å². The van der Waals surface area contributed by atoms with Gasteiger partial charge in [0.15, 0.2) is 0 Å². The summed E-state index contributed by atoms with van der Waals surface area (Å²) in [7, 11) is 1.98. The van der Waals surface area contributed by atoms with E-state index >= 15 is 0 Å². The van der Waals surface area contributed by atoms with Crippen molar-refractivity contribution in [1.82, 2.24) is 4.90 Å². The summed E-state index contributed by atoms with van der Waals surface area (Å²) in [6, 6.07) is 8.84. The van der Waals surface area contributed by atoms with E-state index in [1.54, 1.807) is 6.07 Å². The highest BCUT2D eigenvalue weighted by Crippen LogP contribution is 2.17. The number of nitrogens with zero attached hydrogens (tertiary/aromatic N) is 1. The standard InChI is InChI=1S/C14H15BrFNO/c1-10-3-4-14(18-10)9-17(2)8-11-5-12(15)7-13(16)6-11/h3-7H,8-9H2,1-2H3. The van der Waals surface area contributed by atoms with Gasteiger partial charge in [-0.1, -0.05) is 15.9 Å². The molecule has 2 aromatic rings. The van der Waals surface area contributed by atoms with Gasteiger partial charge in [-0.05, 0) is 49.9 Å². The minimum Gasteiger partial charge on any atom is -0.465 e. The maximum absolute atomic E-state index is 13.2. The van der Waals surface area contributed by atoms with E-state index in [0.29, 0.717) is 13.1 Å². The predicted molar refractivity (Wildman–Crippen MR) is 72.7 cm³/mol. The van der Waals surface area contributed by atoms with Crippen LogP contribution in [0.15, 0.2) is 39.2 Å². The van der Waals surface area contributed by atoms with E-state index in [4.69, 9.17) is 4.42 Å². The average molecular weight is 312 g/mol. The first kappa shape index (κ1) is 13.3. The van der Waals surface area contributed by atoms with Crippen LogP contribution in [0.1, 0.15) is 17.1 Å². The molecule has 0 aliphatic carbocycles. The Morgan fingerprint density at radius 2 is 2.00 bits per heavy atom. The maximum atomic E-state index is 13.2. The molecule has 0 aliphatic heterocycles. The number of halogens is 2. The van der Waals surface area contributed by atoms with Gasteiger partial charge in [0.2, 0.25) is 0 Å². The molecule has 1 aromatic heterocycles. The Labute approximate surface area is 115 Å². The lowest BCUT2D eigenvalue weighted by atomic mass is 10.2. The average Bonchev–Trinajstić information content (AvgIpc) is 2.61. The van der Waals surface area contributed by atoms with Crippen LogP contribution in [0.5, 0.6) is 0 Å². The van der Waals surface area contributed by atoms with Gasteiger partial charge in [0.25, 0.3) is 0 Å². The van der Waals surface area contributed by atoms with Crippen molar-refractivity contribution in [3.8, 4) is 0 Å². The molecular weight excluding hydrogens is 297 g/mol. The molecule has 2 rings (SSSR count). The number of aryl methyl sites for hydroxylation is 1. The van der Waals surface area contributed by atoms with Crippen molar-refractivity contribution in [2.45, 2.75) is 20.0 Å². The minimum absolute atomic E-state index is 0.221. The highest BCUT2D eigenvalue weighted by molar-refractivity contribution is 9.10. The molecule has 0 aliphatic rings. The van der Waals surface area contributed by atoms with Crippen molar-refractivity contribution < 1.29 is 8.81 Å². The Balaban J connectivity index is 2.00. The van der Waals surface area contributed by atoms with Crippen LogP contribution in [0.3, 0.4) is 0 Å². The summed E-state index contributed by atoms with van der Waals surface area (Å²) < 4.78 is 19.5. The summed E-state index contributed by atoms with van der Waals surface area (Å²) >= 11 is 3.30. The van der Waals surface area contributed by atoms with E-state index in [0.717, 1.165) is 21.6 Å². The molecule has 0 radical (unpaired) electrons. The predicted octanol–water partition coefficient (Wildman–Crippen LogP) is 4.12. The quantitative estimate of drug-likeness (QED) is 0.844. The molecule has 1 heterocycles. The molecule has 0 atom stereocenters. The van der Waals surface area contributed by atoms with E-state index in [-0.39, 0.29) is 5.82 Å². The number of rotatable bonds is 4. The lowest BCUT2D eigenvalue weighted by Gasteiger charge is -2.15. The number of benzene rings is 1. The Morgan fingerprint density at radius 1 is 1.22 bits per heavy atom. The zero-order chi connectivity index (χ0) is 13.1. The molecule has 96 valence electrons. The highest BCUT2D eigenvalue weighted by Gasteiger charge is 2.06. The van der Waals surface area contributed by atoms with Crippen molar-refractivity contribution in [3.63, 3.8) is 0 Å². The molecule has 4 heteroatoms. The molecule has 1 aromatic carbocycles. The normalized spacial score (nSPS) is 11.2. The van der Waals surface area contributed by atoms with Crippen molar-refractivity contribution >= 4 is 15.9 Å². The smallest absolute Gasteiger partial charge is 0.124 e. The molecule has 0 amide bonds. The van der Waals surface area contributed by atoms with Crippen molar-refractivity contribution in [2.75, 3.05) is 7.05 Å². The fraction of sp³-hybridized carbons (Fsp3) is 0.286.